The maximum atomic E-state index is 11.4. The van der Waals surface area contributed by atoms with Gasteiger partial charge in [0, 0.05) is 0 Å². The second-order valence-electron chi connectivity index (χ2n) is 3.67. The van der Waals surface area contributed by atoms with Gasteiger partial charge in [-0.1, -0.05) is 6.92 Å². The predicted octanol–water partition coefficient (Wildman–Crippen LogP) is 1.49. The quantitative estimate of drug-likeness (QED) is 0.679. The van der Waals surface area contributed by atoms with Gasteiger partial charge in [-0.3, -0.25) is 4.79 Å². The molecule has 1 saturated carbocycles. The van der Waals surface area contributed by atoms with E-state index in [4.69, 9.17) is 4.74 Å². The van der Waals surface area contributed by atoms with Crippen LogP contribution in [-0.2, 0) is 9.53 Å². The van der Waals surface area contributed by atoms with Crippen LogP contribution in [-0.4, -0.2) is 23.8 Å². The third-order valence-corrected chi connectivity index (χ3v) is 2.48. The Balaban J connectivity index is 2.23. The first-order valence-electron chi connectivity index (χ1n) is 5.08. The summed E-state index contributed by atoms with van der Waals surface area (Å²) >= 11 is 0. The maximum Gasteiger partial charge on any atom is 0.308 e. The number of aliphatic hydroxyl groups excluding tert-OH is 1. The molecule has 1 aliphatic rings. The SMILES string of the molecule is CCCOC(=O)C1CCC(O)CC1. The molecule has 3 nitrogen and oxygen atoms in total. The van der Waals surface area contributed by atoms with E-state index in [1.807, 2.05) is 6.92 Å². The minimum atomic E-state index is -0.199. The van der Waals surface area contributed by atoms with Crippen molar-refractivity contribution in [1.82, 2.24) is 0 Å². The van der Waals surface area contributed by atoms with Crippen molar-refractivity contribution in [3.8, 4) is 0 Å². The van der Waals surface area contributed by atoms with Crippen LogP contribution in [0.3, 0.4) is 0 Å². The van der Waals surface area contributed by atoms with Gasteiger partial charge in [-0.2, -0.15) is 0 Å². The van der Waals surface area contributed by atoms with Crippen molar-refractivity contribution in [3.05, 3.63) is 0 Å². The van der Waals surface area contributed by atoms with Crippen LogP contribution in [0.4, 0.5) is 0 Å². The van der Waals surface area contributed by atoms with Gasteiger partial charge in [-0.15, -0.1) is 0 Å². The summed E-state index contributed by atoms with van der Waals surface area (Å²) in [7, 11) is 0. The minimum absolute atomic E-state index is 0.0370. The zero-order chi connectivity index (χ0) is 9.68. The molecule has 0 aromatic rings. The van der Waals surface area contributed by atoms with Crippen LogP contribution in [0.5, 0.6) is 0 Å². The summed E-state index contributed by atoms with van der Waals surface area (Å²) in [5.41, 5.74) is 0. The van der Waals surface area contributed by atoms with Gasteiger partial charge < -0.3 is 9.84 Å². The zero-order valence-electron chi connectivity index (χ0n) is 8.16. The van der Waals surface area contributed by atoms with Crippen molar-refractivity contribution in [2.75, 3.05) is 6.61 Å². The molecule has 76 valence electrons. The number of aliphatic hydroxyl groups is 1. The number of esters is 1. The Labute approximate surface area is 79.1 Å². The van der Waals surface area contributed by atoms with E-state index in [0.29, 0.717) is 6.61 Å². The summed E-state index contributed by atoms with van der Waals surface area (Å²) in [6.07, 6.45) is 3.72. The van der Waals surface area contributed by atoms with E-state index in [0.717, 1.165) is 32.1 Å². The van der Waals surface area contributed by atoms with E-state index in [2.05, 4.69) is 0 Å². The maximum absolute atomic E-state index is 11.4. The first-order chi connectivity index (χ1) is 6.24. The van der Waals surface area contributed by atoms with Gasteiger partial charge in [0.05, 0.1) is 18.6 Å². The van der Waals surface area contributed by atoms with Gasteiger partial charge in [0.1, 0.15) is 0 Å². The molecule has 0 aliphatic heterocycles. The molecule has 1 aliphatic carbocycles. The number of ether oxygens (including phenoxy) is 1. The van der Waals surface area contributed by atoms with E-state index in [9.17, 15) is 9.90 Å². The van der Waals surface area contributed by atoms with E-state index < -0.39 is 0 Å². The Morgan fingerprint density at radius 3 is 2.54 bits per heavy atom. The van der Waals surface area contributed by atoms with Crippen LogP contribution in [0.2, 0.25) is 0 Å². The van der Waals surface area contributed by atoms with Crippen LogP contribution in [0.25, 0.3) is 0 Å². The molecule has 1 N–H and O–H groups in total. The predicted molar refractivity (Wildman–Crippen MR) is 49.2 cm³/mol. The second-order valence-corrected chi connectivity index (χ2v) is 3.67. The van der Waals surface area contributed by atoms with Gasteiger partial charge in [0.25, 0.3) is 0 Å². The number of hydrogen-bond acceptors (Lipinski definition) is 3. The molecule has 0 aromatic heterocycles. The molecule has 0 radical (unpaired) electrons. The molecule has 0 unspecified atom stereocenters. The molecular formula is C10H18O3. The van der Waals surface area contributed by atoms with Crippen LogP contribution in [0.15, 0.2) is 0 Å². The first kappa shape index (κ1) is 10.5. The number of carbonyl (C=O) groups is 1. The van der Waals surface area contributed by atoms with E-state index >= 15 is 0 Å². The van der Waals surface area contributed by atoms with Crippen LogP contribution in [0, 0.1) is 5.92 Å². The topological polar surface area (TPSA) is 46.5 Å². The number of rotatable bonds is 3. The Morgan fingerprint density at radius 1 is 1.38 bits per heavy atom. The molecule has 1 rings (SSSR count). The number of hydrogen-bond donors (Lipinski definition) is 1. The van der Waals surface area contributed by atoms with Crippen molar-refractivity contribution in [1.29, 1.82) is 0 Å². The lowest BCUT2D eigenvalue weighted by atomic mass is 9.88. The first-order valence-corrected chi connectivity index (χ1v) is 5.08. The fourth-order valence-electron chi connectivity index (χ4n) is 1.63. The summed E-state index contributed by atoms with van der Waals surface area (Å²) in [6.45, 7) is 2.51. The Kier molecular flexibility index (Phi) is 4.22. The molecule has 0 atom stereocenters. The molecule has 0 aromatic carbocycles. The molecular weight excluding hydrogens is 168 g/mol. The summed E-state index contributed by atoms with van der Waals surface area (Å²) in [6, 6.07) is 0. The number of carbonyl (C=O) groups excluding carboxylic acids is 1. The molecule has 0 amide bonds. The van der Waals surface area contributed by atoms with E-state index in [1.54, 1.807) is 0 Å². The highest BCUT2D eigenvalue weighted by atomic mass is 16.5. The molecule has 0 bridgehead atoms. The highest BCUT2D eigenvalue weighted by Crippen LogP contribution is 2.25. The Hall–Kier alpha value is -0.570. The molecule has 0 saturated heterocycles. The lowest BCUT2D eigenvalue weighted by Crippen LogP contribution is -2.25. The highest BCUT2D eigenvalue weighted by molar-refractivity contribution is 5.72. The third kappa shape index (κ3) is 3.35. The van der Waals surface area contributed by atoms with Gasteiger partial charge in [0.2, 0.25) is 0 Å². The molecule has 0 spiro atoms. The Morgan fingerprint density at radius 2 is 2.00 bits per heavy atom. The van der Waals surface area contributed by atoms with Crippen molar-refractivity contribution >= 4 is 5.97 Å². The second kappa shape index (κ2) is 5.22. The largest absolute Gasteiger partial charge is 0.465 e. The van der Waals surface area contributed by atoms with Gasteiger partial charge in [-0.05, 0) is 32.1 Å². The normalized spacial score (nSPS) is 28.5. The molecule has 1 fully saturated rings. The third-order valence-electron chi connectivity index (χ3n) is 2.48. The van der Waals surface area contributed by atoms with Gasteiger partial charge >= 0.3 is 5.97 Å². The Bertz CT molecular complexity index is 160. The van der Waals surface area contributed by atoms with Crippen molar-refractivity contribution in [2.45, 2.75) is 45.1 Å². The fraction of sp³-hybridized carbons (Fsp3) is 0.900. The van der Waals surface area contributed by atoms with E-state index in [1.165, 1.54) is 0 Å². The molecule has 0 heterocycles. The van der Waals surface area contributed by atoms with Crippen LogP contribution in [0.1, 0.15) is 39.0 Å². The summed E-state index contributed by atoms with van der Waals surface area (Å²) in [4.78, 5) is 11.4. The zero-order valence-corrected chi connectivity index (χ0v) is 8.16. The summed E-state index contributed by atoms with van der Waals surface area (Å²) in [5.74, 6) is -0.0382. The smallest absolute Gasteiger partial charge is 0.308 e. The lowest BCUT2D eigenvalue weighted by Gasteiger charge is -2.23. The summed E-state index contributed by atoms with van der Waals surface area (Å²) < 4.78 is 5.05. The van der Waals surface area contributed by atoms with Crippen LogP contribution < -0.4 is 0 Å². The van der Waals surface area contributed by atoms with Crippen molar-refractivity contribution in [2.24, 2.45) is 5.92 Å². The molecule has 3 heteroatoms. The highest BCUT2D eigenvalue weighted by Gasteiger charge is 2.25. The monoisotopic (exact) mass is 186 g/mol. The summed E-state index contributed by atoms with van der Waals surface area (Å²) in [5, 5.41) is 9.23. The fourth-order valence-corrected chi connectivity index (χ4v) is 1.63. The minimum Gasteiger partial charge on any atom is -0.465 e. The average Bonchev–Trinajstić information content (AvgIpc) is 2.15. The van der Waals surface area contributed by atoms with Gasteiger partial charge in [-0.25, -0.2) is 0 Å². The van der Waals surface area contributed by atoms with Crippen molar-refractivity contribution in [3.63, 3.8) is 0 Å². The van der Waals surface area contributed by atoms with Crippen molar-refractivity contribution < 1.29 is 14.6 Å². The average molecular weight is 186 g/mol. The van der Waals surface area contributed by atoms with Crippen LogP contribution >= 0.6 is 0 Å². The van der Waals surface area contributed by atoms with E-state index in [-0.39, 0.29) is 18.0 Å². The van der Waals surface area contributed by atoms with Gasteiger partial charge in [0.15, 0.2) is 0 Å². The standard InChI is InChI=1S/C10H18O3/c1-2-7-13-10(12)8-3-5-9(11)6-4-8/h8-9,11H,2-7H2,1H3. The lowest BCUT2D eigenvalue weighted by molar-refractivity contribution is -0.150. The molecule has 13 heavy (non-hydrogen) atoms.